The third kappa shape index (κ3) is 5.21. The van der Waals surface area contributed by atoms with E-state index < -0.39 is 11.3 Å². The van der Waals surface area contributed by atoms with Crippen LogP contribution in [0, 0.1) is 0 Å². The van der Waals surface area contributed by atoms with E-state index in [0.717, 1.165) is 58.0 Å². The van der Waals surface area contributed by atoms with Crippen molar-refractivity contribution >= 4 is 43.5 Å². The van der Waals surface area contributed by atoms with E-state index in [2.05, 4.69) is 70.2 Å². The van der Waals surface area contributed by atoms with Gasteiger partial charge < -0.3 is 8.83 Å². The summed E-state index contributed by atoms with van der Waals surface area (Å²) < 4.78 is 11.4. The fourth-order valence-electron chi connectivity index (χ4n) is 6.40. The van der Waals surface area contributed by atoms with Crippen LogP contribution in [0.3, 0.4) is 0 Å². The Morgan fingerprint density at radius 3 is 1.29 bits per heavy atom. The highest BCUT2D eigenvalue weighted by molar-refractivity contribution is 6.07. The molecule has 8 heteroatoms. The standard InChI is InChI=1S/C40H30N4O4/c1-3-5-23-7-11-27-25(15-23)9-13-37-29(27)17-31(39(45)47-37)33-19-43-35(21-41-33)36-22-42-34(20-44-36)32-18-30-28-12-8-24(6-4-2)16-26(28)10-14-38(30)48-40(32)46/h7-22H,3-6H2,1-2H3. The van der Waals surface area contributed by atoms with Gasteiger partial charge in [-0.15, -0.1) is 0 Å². The van der Waals surface area contributed by atoms with Crippen molar-refractivity contribution in [2.75, 3.05) is 0 Å². The van der Waals surface area contributed by atoms with Crippen LogP contribution in [-0.2, 0) is 12.8 Å². The largest absolute Gasteiger partial charge is 0.422 e. The average molecular weight is 631 g/mol. The first-order valence-electron chi connectivity index (χ1n) is 16.1. The molecule has 0 bridgehead atoms. The highest BCUT2D eigenvalue weighted by Gasteiger charge is 2.15. The van der Waals surface area contributed by atoms with E-state index in [-0.39, 0.29) is 0 Å². The van der Waals surface area contributed by atoms with Crippen LogP contribution in [0.2, 0.25) is 0 Å². The molecule has 8 aromatic rings. The van der Waals surface area contributed by atoms with Gasteiger partial charge >= 0.3 is 11.3 Å². The van der Waals surface area contributed by atoms with Gasteiger partial charge in [0.25, 0.3) is 0 Å². The number of fused-ring (bicyclic) bond motifs is 6. The van der Waals surface area contributed by atoms with Gasteiger partial charge in [0.05, 0.1) is 47.3 Å². The zero-order chi connectivity index (χ0) is 32.8. The van der Waals surface area contributed by atoms with Gasteiger partial charge in [-0.05, 0) is 69.8 Å². The SMILES string of the molecule is CCCc1ccc2c(ccc3oc(=O)c(-c4cnc(-c5cnc(-c6cc7c(ccc8cc(CCC)ccc87)oc6=O)cn5)cn4)cc32)c1. The maximum absolute atomic E-state index is 13.0. The molecule has 4 aromatic carbocycles. The van der Waals surface area contributed by atoms with Crippen molar-refractivity contribution in [3.05, 3.63) is 130 Å². The first-order valence-corrected chi connectivity index (χ1v) is 16.1. The molecular formula is C40H30N4O4. The number of rotatable bonds is 7. The second-order valence-corrected chi connectivity index (χ2v) is 12.0. The zero-order valence-corrected chi connectivity index (χ0v) is 26.5. The van der Waals surface area contributed by atoms with Crippen LogP contribution in [0.25, 0.3) is 77.4 Å². The van der Waals surface area contributed by atoms with Crippen LogP contribution in [0.1, 0.15) is 37.8 Å². The predicted octanol–water partition coefficient (Wildman–Crippen LogP) is 8.69. The predicted molar refractivity (Wildman–Crippen MR) is 189 cm³/mol. The number of hydrogen-bond acceptors (Lipinski definition) is 8. The Morgan fingerprint density at radius 1 is 0.479 bits per heavy atom. The third-order valence-corrected chi connectivity index (χ3v) is 8.79. The van der Waals surface area contributed by atoms with Gasteiger partial charge in [-0.1, -0.05) is 75.2 Å². The summed E-state index contributed by atoms with van der Waals surface area (Å²) in [5, 5.41) is 5.87. The molecule has 0 saturated carbocycles. The molecule has 8 nitrogen and oxygen atoms in total. The Bertz CT molecular complexity index is 2440. The second-order valence-electron chi connectivity index (χ2n) is 12.0. The molecule has 0 fully saturated rings. The van der Waals surface area contributed by atoms with Crippen molar-refractivity contribution in [3.8, 4) is 33.9 Å². The molecule has 0 unspecified atom stereocenters. The van der Waals surface area contributed by atoms with Crippen LogP contribution < -0.4 is 11.3 Å². The molecule has 0 atom stereocenters. The van der Waals surface area contributed by atoms with Crippen LogP contribution in [0.15, 0.2) is 116 Å². The lowest BCUT2D eigenvalue weighted by Gasteiger charge is -2.08. The summed E-state index contributed by atoms with van der Waals surface area (Å²) in [6, 6.07) is 24.0. The Hall–Kier alpha value is -6.02. The highest BCUT2D eigenvalue weighted by Crippen LogP contribution is 2.30. The van der Waals surface area contributed by atoms with Crippen LogP contribution in [-0.4, -0.2) is 19.9 Å². The molecule has 0 radical (unpaired) electrons. The molecule has 48 heavy (non-hydrogen) atoms. The molecule has 0 amide bonds. The third-order valence-electron chi connectivity index (χ3n) is 8.79. The monoisotopic (exact) mass is 630 g/mol. The molecule has 0 aliphatic rings. The van der Waals surface area contributed by atoms with Crippen LogP contribution in [0.5, 0.6) is 0 Å². The van der Waals surface area contributed by atoms with E-state index in [0.29, 0.717) is 45.1 Å². The van der Waals surface area contributed by atoms with Gasteiger partial charge in [-0.3, -0.25) is 19.9 Å². The van der Waals surface area contributed by atoms with Crippen LogP contribution in [0.4, 0.5) is 0 Å². The van der Waals surface area contributed by atoms with Crippen LogP contribution >= 0.6 is 0 Å². The van der Waals surface area contributed by atoms with Crippen molar-refractivity contribution in [1.82, 2.24) is 19.9 Å². The summed E-state index contributed by atoms with van der Waals surface area (Å²) in [7, 11) is 0. The number of hydrogen-bond donors (Lipinski definition) is 0. The zero-order valence-electron chi connectivity index (χ0n) is 26.5. The fourth-order valence-corrected chi connectivity index (χ4v) is 6.40. The molecule has 0 aliphatic carbocycles. The Morgan fingerprint density at radius 2 is 0.896 bits per heavy atom. The number of benzene rings is 4. The summed E-state index contributed by atoms with van der Waals surface area (Å²) in [6.07, 6.45) is 10.3. The smallest absolute Gasteiger partial charge is 0.345 e. The molecule has 8 rings (SSSR count). The summed E-state index contributed by atoms with van der Waals surface area (Å²) >= 11 is 0. The number of nitrogens with zero attached hydrogens (tertiary/aromatic N) is 4. The number of aryl methyl sites for hydroxylation is 2. The molecule has 0 saturated heterocycles. The average Bonchev–Trinajstić information content (AvgIpc) is 3.11. The molecular weight excluding hydrogens is 600 g/mol. The maximum atomic E-state index is 13.0. The second kappa shape index (κ2) is 12.0. The van der Waals surface area contributed by atoms with Crippen molar-refractivity contribution < 1.29 is 8.83 Å². The van der Waals surface area contributed by atoms with E-state index in [4.69, 9.17) is 8.83 Å². The Balaban J connectivity index is 1.10. The van der Waals surface area contributed by atoms with Crippen molar-refractivity contribution in [1.29, 1.82) is 0 Å². The summed E-state index contributed by atoms with van der Waals surface area (Å²) in [4.78, 5) is 44.1. The maximum Gasteiger partial charge on any atom is 0.345 e. The van der Waals surface area contributed by atoms with Crippen molar-refractivity contribution in [3.63, 3.8) is 0 Å². The van der Waals surface area contributed by atoms with E-state index in [1.54, 1.807) is 12.4 Å². The fraction of sp³-hybridized carbons (Fsp3) is 0.150. The van der Waals surface area contributed by atoms with Gasteiger partial charge in [-0.25, -0.2) is 9.59 Å². The quantitative estimate of drug-likeness (QED) is 0.127. The molecule has 234 valence electrons. The first kappa shape index (κ1) is 29.4. The van der Waals surface area contributed by atoms with Crippen molar-refractivity contribution in [2.45, 2.75) is 39.5 Å². The van der Waals surface area contributed by atoms with Gasteiger partial charge in [0, 0.05) is 10.8 Å². The molecule has 4 heterocycles. The minimum atomic E-state index is -0.487. The van der Waals surface area contributed by atoms with Crippen molar-refractivity contribution in [2.24, 2.45) is 0 Å². The minimum absolute atomic E-state index is 0.324. The van der Waals surface area contributed by atoms with Gasteiger partial charge in [0.15, 0.2) is 0 Å². The summed E-state index contributed by atoms with van der Waals surface area (Å²) in [6.45, 7) is 4.32. The van der Waals surface area contributed by atoms with Gasteiger partial charge in [0.1, 0.15) is 22.6 Å². The lowest BCUT2D eigenvalue weighted by molar-refractivity contribution is 0.563. The van der Waals surface area contributed by atoms with E-state index >= 15 is 0 Å². The molecule has 0 spiro atoms. The molecule has 4 aromatic heterocycles. The number of aromatic nitrogens is 4. The summed E-state index contributed by atoms with van der Waals surface area (Å²) in [5.74, 6) is 0. The summed E-state index contributed by atoms with van der Waals surface area (Å²) in [5.41, 5.74) is 4.98. The Labute approximate surface area is 274 Å². The molecule has 0 N–H and O–H groups in total. The van der Waals surface area contributed by atoms with Gasteiger partial charge in [0.2, 0.25) is 0 Å². The van der Waals surface area contributed by atoms with Gasteiger partial charge in [-0.2, -0.15) is 0 Å². The van der Waals surface area contributed by atoms with E-state index in [1.807, 2.05) is 36.4 Å². The van der Waals surface area contributed by atoms with E-state index in [9.17, 15) is 9.59 Å². The van der Waals surface area contributed by atoms with E-state index in [1.165, 1.54) is 23.5 Å². The first-order chi connectivity index (χ1) is 23.5. The topological polar surface area (TPSA) is 112 Å². The normalized spacial score (nSPS) is 11.6. The Kier molecular flexibility index (Phi) is 7.33. The lowest BCUT2D eigenvalue weighted by atomic mass is 10.00. The molecule has 0 aliphatic heterocycles. The lowest BCUT2D eigenvalue weighted by Crippen LogP contribution is -2.05. The highest BCUT2D eigenvalue weighted by atomic mass is 16.4. The minimum Gasteiger partial charge on any atom is -0.422 e.